The Balaban J connectivity index is 1.96. The smallest absolute Gasteiger partial charge is 0.350 e. The van der Waals surface area contributed by atoms with E-state index >= 15 is 0 Å². The van der Waals surface area contributed by atoms with Gasteiger partial charge in [0, 0.05) is 31.9 Å². The van der Waals surface area contributed by atoms with Crippen LogP contribution in [0.1, 0.15) is 43.6 Å². The van der Waals surface area contributed by atoms with Gasteiger partial charge in [-0.1, -0.05) is 20.4 Å². The van der Waals surface area contributed by atoms with Crippen LogP contribution in [-0.2, 0) is 4.79 Å². The molecular weight excluding hydrogens is 435 g/mol. The van der Waals surface area contributed by atoms with Crippen molar-refractivity contribution in [3.05, 3.63) is 64.2 Å². The van der Waals surface area contributed by atoms with Gasteiger partial charge >= 0.3 is 5.69 Å². The van der Waals surface area contributed by atoms with Gasteiger partial charge in [-0.25, -0.2) is 18.7 Å². The Morgan fingerprint density at radius 3 is 2.65 bits per heavy atom. The minimum atomic E-state index is -0.504. The van der Waals surface area contributed by atoms with Crippen LogP contribution in [0, 0.1) is 19.7 Å². The first kappa shape index (κ1) is 23.5. The molecule has 0 N–H and O–H groups in total. The summed E-state index contributed by atoms with van der Waals surface area (Å²) < 4.78 is 16.2. The summed E-state index contributed by atoms with van der Waals surface area (Å²) in [5.74, 6) is -0.195. The van der Waals surface area contributed by atoms with Crippen LogP contribution in [0.15, 0.2) is 35.8 Å². The van der Waals surface area contributed by atoms with Crippen LogP contribution in [0.3, 0.4) is 0 Å². The number of halogens is 1. The zero-order chi connectivity index (χ0) is 24.7. The molecule has 1 atom stereocenters. The Hall–Kier alpha value is -3.62. The summed E-state index contributed by atoms with van der Waals surface area (Å²) in [6.45, 7) is 14.3. The number of fused-ring (bicyclic) bond motifs is 1. The molecule has 178 valence electrons. The van der Waals surface area contributed by atoms with E-state index in [1.54, 1.807) is 18.0 Å². The molecule has 0 unspecified atom stereocenters. The van der Waals surface area contributed by atoms with Crippen molar-refractivity contribution in [2.45, 2.75) is 46.6 Å². The van der Waals surface area contributed by atoms with Crippen LogP contribution in [-0.4, -0.2) is 56.0 Å². The molecule has 0 aliphatic carbocycles. The molecule has 34 heavy (non-hydrogen) atoms. The largest absolute Gasteiger partial charge is 0.355 e. The predicted octanol–water partition coefficient (Wildman–Crippen LogP) is 3.28. The summed E-state index contributed by atoms with van der Waals surface area (Å²) in [6.07, 6.45) is 3.01. The third-order valence-corrected chi connectivity index (χ3v) is 6.29. The van der Waals surface area contributed by atoms with Crippen LogP contribution in [0.2, 0.25) is 0 Å². The third-order valence-electron chi connectivity index (χ3n) is 6.29. The highest BCUT2D eigenvalue weighted by Gasteiger charge is 2.30. The molecule has 4 rings (SSSR count). The van der Waals surface area contributed by atoms with Crippen molar-refractivity contribution in [1.29, 1.82) is 0 Å². The molecule has 1 saturated heterocycles. The number of aromatic nitrogens is 4. The van der Waals surface area contributed by atoms with Crippen LogP contribution < -0.4 is 10.6 Å². The lowest BCUT2D eigenvalue weighted by atomic mass is 10.0. The molecule has 8 nitrogen and oxygen atoms in total. The van der Waals surface area contributed by atoms with E-state index in [0.29, 0.717) is 42.2 Å². The Kier molecular flexibility index (Phi) is 6.20. The average Bonchev–Trinajstić information content (AvgIpc) is 2.79. The molecule has 0 spiro atoms. The van der Waals surface area contributed by atoms with Gasteiger partial charge < -0.3 is 9.80 Å². The van der Waals surface area contributed by atoms with Gasteiger partial charge in [-0.2, -0.15) is 4.98 Å². The van der Waals surface area contributed by atoms with Gasteiger partial charge in [-0.05, 0) is 50.5 Å². The molecule has 1 aliphatic heterocycles. The number of anilines is 1. The van der Waals surface area contributed by atoms with Gasteiger partial charge in [0.2, 0.25) is 5.91 Å². The zero-order valence-electron chi connectivity index (χ0n) is 20.2. The van der Waals surface area contributed by atoms with Gasteiger partial charge in [0.15, 0.2) is 5.65 Å². The topological polar surface area (TPSA) is 84.2 Å². The fourth-order valence-corrected chi connectivity index (χ4v) is 4.50. The van der Waals surface area contributed by atoms with E-state index in [1.165, 1.54) is 16.7 Å². The summed E-state index contributed by atoms with van der Waals surface area (Å²) in [4.78, 5) is 42.7. The van der Waals surface area contributed by atoms with Crippen molar-refractivity contribution < 1.29 is 9.18 Å². The number of carbonyl (C=O) groups is 1. The van der Waals surface area contributed by atoms with Crippen molar-refractivity contribution in [2.24, 2.45) is 0 Å². The number of hydrogen-bond acceptors (Lipinski definition) is 6. The maximum Gasteiger partial charge on any atom is 0.355 e. The predicted molar refractivity (Wildman–Crippen MR) is 130 cm³/mol. The van der Waals surface area contributed by atoms with Crippen molar-refractivity contribution >= 4 is 22.8 Å². The molecule has 0 bridgehead atoms. The van der Waals surface area contributed by atoms with E-state index < -0.39 is 11.5 Å². The van der Waals surface area contributed by atoms with E-state index in [0.717, 1.165) is 11.3 Å². The van der Waals surface area contributed by atoms with Gasteiger partial charge in [-0.3, -0.25) is 9.78 Å². The first-order valence-electron chi connectivity index (χ1n) is 11.4. The van der Waals surface area contributed by atoms with E-state index in [-0.39, 0.29) is 23.6 Å². The number of piperazine rings is 1. The number of aryl methyl sites for hydroxylation is 2. The lowest BCUT2D eigenvalue weighted by molar-refractivity contribution is -0.126. The molecular formula is C25H29FN6O2. The van der Waals surface area contributed by atoms with Crippen molar-refractivity contribution in [2.75, 3.05) is 24.5 Å². The second kappa shape index (κ2) is 8.96. The SMILES string of the molecule is C=CC(=O)N1CCN(c2nc(=O)n(-c3c(C)ccnc3C(C)C)c3nc(C)c(F)cc23)[C@@H](C)C1. The minimum absolute atomic E-state index is 0.0496. The van der Waals surface area contributed by atoms with Gasteiger partial charge in [0.05, 0.1) is 22.5 Å². The lowest BCUT2D eigenvalue weighted by Crippen LogP contribution is -2.54. The molecule has 9 heteroatoms. The van der Waals surface area contributed by atoms with Crippen molar-refractivity contribution in [1.82, 2.24) is 24.4 Å². The first-order valence-corrected chi connectivity index (χ1v) is 11.4. The molecule has 3 aromatic rings. The molecule has 1 amide bonds. The van der Waals surface area contributed by atoms with Crippen molar-refractivity contribution in [3.63, 3.8) is 0 Å². The summed E-state index contributed by atoms with van der Waals surface area (Å²) in [6, 6.07) is 3.09. The van der Waals surface area contributed by atoms with Crippen LogP contribution >= 0.6 is 0 Å². The second-order valence-electron chi connectivity index (χ2n) is 9.03. The van der Waals surface area contributed by atoms with Crippen molar-refractivity contribution in [3.8, 4) is 5.69 Å². The standard InChI is InChI=1S/C25H29FN6O2/c1-7-20(33)30-10-11-31(16(5)13-30)23-18-12-19(26)17(6)28-24(18)32(25(34)29-23)22-15(4)8-9-27-21(22)14(2)3/h7-9,12,14,16H,1,10-11,13H2,2-6H3/t16-/m0/s1. The highest BCUT2D eigenvalue weighted by atomic mass is 19.1. The maximum absolute atomic E-state index is 14.8. The highest BCUT2D eigenvalue weighted by molar-refractivity contribution is 5.90. The Morgan fingerprint density at radius 2 is 2.00 bits per heavy atom. The van der Waals surface area contributed by atoms with Crippen LogP contribution in [0.25, 0.3) is 16.7 Å². The molecule has 0 radical (unpaired) electrons. The second-order valence-corrected chi connectivity index (χ2v) is 9.03. The number of carbonyl (C=O) groups excluding carboxylic acids is 1. The molecule has 1 fully saturated rings. The Bertz CT molecular complexity index is 1350. The van der Waals surface area contributed by atoms with E-state index in [1.807, 2.05) is 38.7 Å². The molecule has 4 heterocycles. The normalized spacial score (nSPS) is 16.4. The van der Waals surface area contributed by atoms with E-state index in [4.69, 9.17) is 0 Å². The number of nitrogens with zero attached hydrogens (tertiary/aromatic N) is 6. The van der Waals surface area contributed by atoms with Gasteiger partial charge in [0.25, 0.3) is 0 Å². The Labute approximate surface area is 197 Å². The molecule has 1 aliphatic rings. The maximum atomic E-state index is 14.8. The van der Waals surface area contributed by atoms with E-state index in [2.05, 4.69) is 21.5 Å². The number of amides is 1. The minimum Gasteiger partial charge on any atom is -0.350 e. The first-order chi connectivity index (χ1) is 16.1. The quantitative estimate of drug-likeness (QED) is 0.551. The lowest BCUT2D eigenvalue weighted by Gasteiger charge is -2.40. The third kappa shape index (κ3) is 3.95. The number of pyridine rings is 2. The summed E-state index contributed by atoms with van der Waals surface area (Å²) in [5.41, 5.74) is 2.25. The number of hydrogen-bond donors (Lipinski definition) is 0. The molecule has 0 saturated carbocycles. The van der Waals surface area contributed by atoms with E-state index in [9.17, 15) is 14.0 Å². The van der Waals surface area contributed by atoms with Crippen LogP contribution in [0.5, 0.6) is 0 Å². The monoisotopic (exact) mass is 464 g/mol. The van der Waals surface area contributed by atoms with Gasteiger partial charge in [-0.15, -0.1) is 0 Å². The summed E-state index contributed by atoms with van der Waals surface area (Å²) >= 11 is 0. The van der Waals surface area contributed by atoms with Gasteiger partial charge in [0.1, 0.15) is 11.6 Å². The Morgan fingerprint density at radius 1 is 1.26 bits per heavy atom. The number of rotatable bonds is 4. The van der Waals surface area contributed by atoms with Crippen LogP contribution in [0.4, 0.5) is 10.2 Å². The average molecular weight is 465 g/mol. The zero-order valence-corrected chi connectivity index (χ0v) is 20.2. The highest BCUT2D eigenvalue weighted by Crippen LogP contribution is 2.31. The molecule has 0 aromatic carbocycles. The summed E-state index contributed by atoms with van der Waals surface area (Å²) in [5, 5.41) is 0.441. The molecule has 3 aromatic heterocycles. The summed E-state index contributed by atoms with van der Waals surface area (Å²) in [7, 11) is 0. The fraction of sp³-hybridized carbons (Fsp3) is 0.400. The fourth-order valence-electron chi connectivity index (χ4n) is 4.50.